The van der Waals surface area contributed by atoms with Crippen molar-refractivity contribution in [2.45, 2.75) is 86.4 Å². The second-order valence-corrected chi connectivity index (χ2v) is 13.2. The standard InChI is InChI=1S/C37H50O4/c1-29(23-24-33(41)37(7)28-31(39)26-35(37,4)5)21-19-17-15-13-11-9-8-10-12-14-16-18-20-22-32(40)36(6)27-30(38)25-34(36,2)3/h8-24,30-31,38-39H,25-28H2,1-7H3. The summed E-state index contributed by atoms with van der Waals surface area (Å²) in [5.41, 5.74) is -0.514. The summed E-state index contributed by atoms with van der Waals surface area (Å²) in [4.78, 5) is 25.5. The molecule has 0 amide bonds. The van der Waals surface area contributed by atoms with Crippen LogP contribution >= 0.6 is 0 Å². The summed E-state index contributed by atoms with van der Waals surface area (Å²) in [6.07, 6.45) is 33.3. The molecule has 2 N–H and O–H groups in total. The average molecular weight is 559 g/mol. The molecule has 2 aliphatic rings. The Labute approximate surface area is 248 Å². The van der Waals surface area contributed by atoms with Gasteiger partial charge in [-0.05, 0) is 55.6 Å². The first-order valence-electron chi connectivity index (χ1n) is 14.6. The van der Waals surface area contributed by atoms with Gasteiger partial charge in [-0.25, -0.2) is 0 Å². The molecule has 41 heavy (non-hydrogen) atoms. The summed E-state index contributed by atoms with van der Waals surface area (Å²) >= 11 is 0. The minimum atomic E-state index is -0.536. The fourth-order valence-electron chi connectivity index (χ4n) is 5.82. The van der Waals surface area contributed by atoms with Crippen LogP contribution in [0.1, 0.15) is 74.1 Å². The Morgan fingerprint density at radius 1 is 0.512 bits per heavy atom. The van der Waals surface area contributed by atoms with Gasteiger partial charge in [0.1, 0.15) is 0 Å². The first kappa shape index (κ1) is 34.1. The van der Waals surface area contributed by atoms with E-state index in [4.69, 9.17) is 0 Å². The van der Waals surface area contributed by atoms with Gasteiger partial charge in [0.15, 0.2) is 11.6 Å². The summed E-state index contributed by atoms with van der Waals surface area (Å²) in [6, 6.07) is 0. The third kappa shape index (κ3) is 9.21. The van der Waals surface area contributed by atoms with E-state index >= 15 is 0 Å². The molecule has 0 saturated heterocycles. The highest BCUT2D eigenvalue weighted by molar-refractivity contribution is 5.96. The van der Waals surface area contributed by atoms with Gasteiger partial charge in [-0.2, -0.15) is 0 Å². The van der Waals surface area contributed by atoms with E-state index in [2.05, 4.69) is 27.7 Å². The fourth-order valence-corrected chi connectivity index (χ4v) is 5.82. The lowest BCUT2D eigenvalue weighted by Crippen LogP contribution is -2.36. The molecule has 4 nitrogen and oxygen atoms in total. The zero-order chi connectivity index (χ0) is 30.7. The first-order valence-corrected chi connectivity index (χ1v) is 14.6. The number of allylic oxidation sites excluding steroid dienone is 18. The number of carbonyl (C=O) groups excluding carboxylic acids is 2. The molecule has 0 heterocycles. The quantitative estimate of drug-likeness (QED) is 0.189. The Hall–Kier alpha value is -3.08. The predicted octanol–water partition coefficient (Wildman–Crippen LogP) is 7.89. The van der Waals surface area contributed by atoms with E-state index in [0.717, 1.165) is 5.57 Å². The zero-order valence-electron chi connectivity index (χ0n) is 26.0. The summed E-state index contributed by atoms with van der Waals surface area (Å²) in [5, 5.41) is 20.1. The number of carbonyl (C=O) groups is 2. The third-order valence-corrected chi connectivity index (χ3v) is 9.29. The zero-order valence-corrected chi connectivity index (χ0v) is 26.0. The van der Waals surface area contributed by atoms with Gasteiger partial charge < -0.3 is 10.2 Å². The number of rotatable bonds is 12. The molecule has 2 aliphatic carbocycles. The van der Waals surface area contributed by atoms with Gasteiger partial charge in [0.25, 0.3) is 0 Å². The van der Waals surface area contributed by atoms with Gasteiger partial charge in [0.05, 0.1) is 12.2 Å². The Kier molecular flexibility index (Phi) is 12.2. The van der Waals surface area contributed by atoms with Crippen molar-refractivity contribution in [1.82, 2.24) is 0 Å². The highest BCUT2D eigenvalue weighted by Crippen LogP contribution is 2.54. The predicted molar refractivity (Wildman–Crippen MR) is 171 cm³/mol. The van der Waals surface area contributed by atoms with Gasteiger partial charge in [0.2, 0.25) is 0 Å². The van der Waals surface area contributed by atoms with E-state index in [9.17, 15) is 19.8 Å². The third-order valence-electron chi connectivity index (χ3n) is 9.29. The minimum absolute atomic E-state index is 0.0653. The lowest BCUT2D eigenvalue weighted by atomic mass is 9.66. The number of ketones is 2. The molecule has 0 aromatic heterocycles. The summed E-state index contributed by atoms with van der Waals surface area (Å²) < 4.78 is 0. The average Bonchev–Trinajstić information content (AvgIpc) is 3.23. The van der Waals surface area contributed by atoms with E-state index in [0.29, 0.717) is 25.7 Å². The van der Waals surface area contributed by atoms with E-state index in [1.807, 2.05) is 106 Å². The molecule has 4 heteroatoms. The normalized spacial score (nSPS) is 30.8. The van der Waals surface area contributed by atoms with Crippen molar-refractivity contribution in [3.05, 3.63) is 109 Å². The molecule has 4 unspecified atom stereocenters. The van der Waals surface area contributed by atoms with Crippen LogP contribution in [-0.4, -0.2) is 34.0 Å². The van der Waals surface area contributed by atoms with Gasteiger partial charge in [-0.3, -0.25) is 9.59 Å². The second kappa shape index (κ2) is 14.7. The largest absolute Gasteiger partial charge is 0.393 e. The molecule has 0 aromatic rings. The molecule has 2 rings (SSSR count). The molecule has 2 saturated carbocycles. The van der Waals surface area contributed by atoms with Crippen molar-refractivity contribution in [3.8, 4) is 0 Å². The topological polar surface area (TPSA) is 74.6 Å². The fraction of sp³-hybridized carbons (Fsp3) is 0.459. The second-order valence-electron chi connectivity index (χ2n) is 13.2. The van der Waals surface area contributed by atoms with Crippen molar-refractivity contribution in [2.75, 3.05) is 0 Å². The molecule has 0 radical (unpaired) electrons. The van der Waals surface area contributed by atoms with Crippen molar-refractivity contribution >= 4 is 11.6 Å². The summed E-state index contributed by atoms with van der Waals surface area (Å²) in [5.74, 6) is 0.138. The van der Waals surface area contributed by atoms with Gasteiger partial charge in [-0.15, -0.1) is 0 Å². The monoisotopic (exact) mass is 558 g/mol. The molecule has 4 atom stereocenters. The van der Waals surface area contributed by atoms with Crippen LogP contribution in [0.4, 0.5) is 0 Å². The molecule has 0 spiro atoms. The number of aliphatic hydroxyl groups is 2. The molecule has 222 valence electrons. The minimum Gasteiger partial charge on any atom is -0.393 e. The SMILES string of the molecule is CC(C=CC(=O)C1(C)CC(O)CC1(C)C)=CC=CC=CC=CC=CC=CC=CC=CC(=O)C1(C)CC(O)CC1(C)C. The highest BCUT2D eigenvalue weighted by Gasteiger charge is 2.53. The molecule has 2 fully saturated rings. The smallest absolute Gasteiger partial charge is 0.162 e. The number of aliphatic hydroxyl groups excluding tert-OH is 2. The van der Waals surface area contributed by atoms with Crippen molar-refractivity contribution in [1.29, 1.82) is 0 Å². The number of hydrogen-bond acceptors (Lipinski definition) is 4. The Morgan fingerprint density at radius 3 is 1.22 bits per heavy atom. The van der Waals surface area contributed by atoms with E-state index in [1.165, 1.54) is 0 Å². The Bertz CT molecular complexity index is 1200. The molecule has 0 aliphatic heterocycles. The molecule has 0 bridgehead atoms. The van der Waals surface area contributed by atoms with Crippen LogP contribution in [0.2, 0.25) is 0 Å². The molecular weight excluding hydrogens is 508 g/mol. The van der Waals surface area contributed by atoms with Gasteiger partial charge >= 0.3 is 0 Å². The van der Waals surface area contributed by atoms with E-state index in [1.54, 1.807) is 18.2 Å². The highest BCUT2D eigenvalue weighted by atomic mass is 16.3. The maximum Gasteiger partial charge on any atom is 0.162 e. The summed E-state index contributed by atoms with van der Waals surface area (Å²) in [6.45, 7) is 14.1. The summed E-state index contributed by atoms with van der Waals surface area (Å²) in [7, 11) is 0. The van der Waals surface area contributed by atoms with Crippen molar-refractivity contribution in [2.24, 2.45) is 21.7 Å². The Morgan fingerprint density at radius 2 is 0.854 bits per heavy atom. The van der Waals surface area contributed by atoms with Crippen LogP contribution in [0, 0.1) is 21.7 Å². The van der Waals surface area contributed by atoms with E-state index < -0.39 is 23.0 Å². The first-order chi connectivity index (χ1) is 19.1. The van der Waals surface area contributed by atoms with Crippen LogP contribution < -0.4 is 0 Å². The van der Waals surface area contributed by atoms with Gasteiger partial charge in [0, 0.05) is 10.8 Å². The Balaban J connectivity index is 1.72. The maximum atomic E-state index is 12.8. The number of hydrogen-bond donors (Lipinski definition) is 2. The van der Waals surface area contributed by atoms with Crippen LogP contribution in [0.15, 0.2) is 109 Å². The molecule has 0 aromatic carbocycles. The van der Waals surface area contributed by atoms with Crippen LogP contribution in [-0.2, 0) is 9.59 Å². The van der Waals surface area contributed by atoms with E-state index in [-0.39, 0.29) is 22.4 Å². The lowest BCUT2D eigenvalue weighted by Gasteiger charge is -2.35. The van der Waals surface area contributed by atoms with Crippen LogP contribution in [0.25, 0.3) is 0 Å². The van der Waals surface area contributed by atoms with Crippen LogP contribution in [0.5, 0.6) is 0 Å². The van der Waals surface area contributed by atoms with Crippen molar-refractivity contribution < 1.29 is 19.8 Å². The van der Waals surface area contributed by atoms with Crippen molar-refractivity contribution in [3.63, 3.8) is 0 Å². The van der Waals surface area contributed by atoms with Gasteiger partial charge in [-0.1, -0.05) is 138 Å². The molecular formula is C37H50O4. The lowest BCUT2D eigenvalue weighted by molar-refractivity contribution is -0.128. The maximum absolute atomic E-state index is 12.8. The van der Waals surface area contributed by atoms with Crippen LogP contribution in [0.3, 0.4) is 0 Å².